The standard InChI is InChI=1S/C10H10ClN/c1-8-4-2-5-9(10(8)11)6-3-7-12/h2,4-5H,3,6H2,1H3. The summed E-state index contributed by atoms with van der Waals surface area (Å²) in [6.07, 6.45) is 1.28. The molecule has 0 aliphatic rings. The molecule has 0 spiro atoms. The molecule has 2 heteroatoms. The van der Waals surface area contributed by atoms with E-state index in [-0.39, 0.29) is 0 Å². The Morgan fingerprint density at radius 2 is 2.25 bits per heavy atom. The Balaban J connectivity index is 2.86. The van der Waals surface area contributed by atoms with Crippen LogP contribution in [0, 0.1) is 18.3 Å². The zero-order chi connectivity index (χ0) is 8.97. The molecule has 0 bridgehead atoms. The normalized spacial score (nSPS) is 9.42. The van der Waals surface area contributed by atoms with E-state index in [2.05, 4.69) is 6.07 Å². The van der Waals surface area contributed by atoms with Gasteiger partial charge in [0.15, 0.2) is 0 Å². The van der Waals surface area contributed by atoms with Gasteiger partial charge >= 0.3 is 0 Å². The molecule has 0 aliphatic carbocycles. The number of aryl methyl sites for hydroxylation is 2. The second-order valence-electron chi connectivity index (χ2n) is 2.71. The van der Waals surface area contributed by atoms with Crippen LogP contribution in [0.5, 0.6) is 0 Å². The van der Waals surface area contributed by atoms with Crippen molar-refractivity contribution in [3.05, 3.63) is 34.3 Å². The molecular formula is C10H10ClN. The van der Waals surface area contributed by atoms with E-state index in [1.54, 1.807) is 0 Å². The number of nitrogens with zero attached hydrogens (tertiary/aromatic N) is 1. The smallest absolute Gasteiger partial charge is 0.0625 e. The zero-order valence-corrected chi connectivity index (χ0v) is 7.73. The highest BCUT2D eigenvalue weighted by molar-refractivity contribution is 6.32. The van der Waals surface area contributed by atoms with Crippen molar-refractivity contribution >= 4 is 11.6 Å². The fourth-order valence-corrected chi connectivity index (χ4v) is 1.31. The maximum absolute atomic E-state index is 8.39. The lowest BCUT2D eigenvalue weighted by molar-refractivity contribution is 1.01. The van der Waals surface area contributed by atoms with E-state index in [1.165, 1.54) is 0 Å². The average molecular weight is 180 g/mol. The highest BCUT2D eigenvalue weighted by atomic mass is 35.5. The monoisotopic (exact) mass is 179 g/mol. The van der Waals surface area contributed by atoms with Crippen molar-refractivity contribution in [2.45, 2.75) is 19.8 Å². The molecular weight excluding hydrogens is 170 g/mol. The van der Waals surface area contributed by atoms with Crippen LogP contribution in [0.15, 0.2) is 18.2 Å². The Morgan fingerprint density at radius 3 is 2.92 bits per heavy atom. The molecule has 0 aliphatic heterocycles. The summed E-state index contributed by atoms with van der Waals surface area (Å²) in [5, 5.41) is 9.19. The summed E-state index contributed by atoms with van der Waals surface area (Å²) in [5.74, 6) is 0. The molecule has 62 valence electrons. The van der Waals surface area contributed by atoms with Gasteiger partial charge in [-0.2, -0.15) is 5.26 Å². The van der Waals surface area contributed by atoms with Crippen molar-refractivity contribution in [3.8, 4) is 6.07 Å². The summed E-state index contributed by atoms with van der Waals surface area (Å²) in [6, 6.07) is 8.01. The molecule has 0 saturated heterocycles. The fraction of sp³-hybridized carbons (Fsp3) is 0.300. The van der Waals surface area contributed by atoms with Crippen molar-refractivity contribution in [3.63, 3.8) is 0 Å². The fourth-order valence-electron chi connectivity index (χ4n) is 1.09. The summed E-state index contributed by atoms with van der Waals surface area (Å²) in [7, 11) is 0. The molecule has 1 aromatic rings. The van der Waals surface area contributed by atoms with Gasteiger partial charge in [-0.05, 0) is 24.5 Å². The molecule has 1 nitrogen and oxygen atoms in total. The number of rotatable bonds is 2. The first-order valence-corrected chi connectivity index (χ1v) is 4.24. The van der Waals surface area contributed by atoms with Crippen molar-refractivity contribution in [2.75, 3.05) is 0 Å². The van der Waals surface area contributed by atoms with Crippen LogP contribution in [-0.2, 0) is 6.42 Å². The third-order valence-electron chi connectivity index (χ3n) is 1.78. The number of benzene rings is 1. The van der Waals surface area contributed by atoms with E-state index < -0.39 is 0 Å². The van der Waals surface area contributed by atoms with E-state index in [0.717, 1.165) is 22.6 Å². The minimum Gasteiger partial charge on any atom is -0.198 e. The second-order valence-corrected chi connectivity index (χ2v) is 3.08. The van der Waals surface area contributed by atoms with E-state index in [9.17, 15) is 0 Å². The Hall–Kier alpha value is -1.00. The molecule has 1 aromatic carbocycles. The van der Waals surface area contributed by atoms with Crippen LogP contribution in [0.3, 0.4) is 0 Å². The largest absolute Gasteiger partial charge is 0.198 e. The lowest BCUT2D eigenvalue weighted by Crippen LogP contribution is -1.87. The van der Waals surface area contributed by atoms with E-state index in [4.69, 9.17) is 16.9 Å². The highest BCUT2D eigenvalue weighted by Crippen LogP contribution is 2.21. The molecule has 0 N–H and O–H groups in total. The molecule has 1 rings (SSSR count). The summed E-state index contributed by atoms with van der Waals surface area (Å²) < 4.78 is 0. The van der Waals surface area contributed by atoms with Crippen molar-refractivity contribution in [1.82, 2.24) is 0 Å². The Labute approximate surface area is 77.6 Å². The first-order chi connectivity index (χ1) is 5.75. The lowest BCUT2D eigenvalue weighted by atomic mass is 10.1. The molecule has 0 amide bonds. The van der Waals surface area contributed by atoms with Gasteiger partial charge in [0.2, 0.25) is 0 Å². The first-order valence-electron chi connectivity index (χ1n) is 3.86. The number of hydrogen-bond acceptors (Lipinski definition) is 1. The van der Waals surface area contributed by atoms with Gasteiger partial charge in [-0.25, -0.2) is 0 Å². The molecule has 0 heterocycles. The number of hydrogen-bond donors (Lipinski definition) is 0. The molecule has 0 aromatic heterocycles. The van der Waals surface area contributed by atoms with Crippen molar-refractivity contribution in [2.24, 2.45) is 0 Å². The van der Waals surface area contributed by atoms with Gasteiger partial charge in [-0.3, -0.25) is 0 Å². The lowest BCUT2D eigenvalue weighted by Gasteiger charge is -2.03. The third-order valence-corrected chi connectivity index (χ3v) is 2.32. The Morgan fingerprint density at radius 1 is 1.50 bits per heavy atom. The van der Waals surface area contributed by atoms with E-state index >= 15 is 0 Å². The second kappa shape index (κ2) is 4.13. The molecule has 0 atom stereocenters. The van der Waals surface area contributed by atoms with Crippen LogP contribution in [0.2, 0.25) is 5.02 Å². The molecule has 12 heavy (non-hydrogen) atoms. The Kier molecular flexibility index (Phi) is 3.13. The van der Waals surface area contributed by atoms with Crippen LogP contribution in [0.4, 0.5) is 0 Å². The van der Waals surface area contributed by atoms with Gasteiger partial charge in [0.1, 0.15) is 0 Å². The minimum atomic E-state index is 0.531. The van der Waals surface area contributed by atoms with Crippen LogP contribution in [0.25, 0.3) is 0 Å². The van der Waals surface area contributed by atoms with Gasteiger partial charge in [-0.1, -0.05) is 29.8 Å². The highest BCUT2D eigenvalue weighted by Gasteiger charge is 2.01. The van der Waals surface area contributed by atoms with Crippen molar-refractivity contribution < 1.29 is 0 Å². The topological polar surface area (TPSA) is 23.8 Å². The van der Waals surface area contributed by atoms with E-state index in [0.29, 0.717) is 6.42 Å². The summed E-state index contributed by atoms with van der Waals surface area (Å²) in [4.78, 5) is 0. The minimum absolute atomic E-state index is 0.531. The maximum Gasteiger partial charge on any atom is 0.0625 e. The van der Waals surface area contributed by atoms with Crippen LogP contribution in [0.1, 0.15) is 17.5 Å². The SMILES string of the molecule is Cc1cccc(CCC#N)c1Cl. The molecule has 0 radical (unpaired) electrons. The van der Waals surface area contributed by atoms with Crippen molar-refractivity contribution in [1.29, 1.82) is 5.26 Å². The van der Waals surface area contributed by atoms with Gasteiger partial charge in [0, 0.05) is 11.4 Å². The summed E-state index contributed by atoms with van der Waals surface area (Å²) in [6.45, 7) is 1.97. The molecule has 0 fully saturated rings. The summed E-state index contributed by atoms with van der Waals surface area (Å²) >= 11 is 6.02. The number of halogens is 1. The van der Waals surface area contributed by atoms with E-state index in [1.807, 2.05) is 25.1 Å². The van der Waals surface area contributed by atoms with Crippen LogP contribution in [-0.4, -0.2) is 0 Å². The predicted octanol–water partition coefficient (Wildman–Crippen LogP) is 3.10. The third kappa shape index (κ3) is 1.99. The number of nitriles is 1. The van der Waals surface area contributed by atoms with Crippen LogP contribution >= 0.6 is 11.6 Å². The maximum atomic E-state index is 8.39. The zero-order valence-electron chi connectivity index (χ0n) is 6.97. The van der Waals surface area contributed by atoms with Gasteiger partial charge < -0.3 is 0 Å². The Bertz CT molecular complexity index is 312. The predicted molar refractivity (Wildman–Crippen MR) is 50.1 cm³/mol. The van der Waals surface area contributed by atoms with Gasteiger partial charge in [-0.15, -0.1) is 0 Å². The molecule has 0 saturated carbocycles. The molecule has 0 unspecified atom stereocenters. The quantitative estimate of drug-likeness (QED) is 0.685. The first kappa shape index (κ1) is 9.09. The summed E-state index contributed by atoms with van der Waals surface area (Å²) in [5.41, 5.74) is 2.14. The van der Waals surface area contributed by atoms with Gasteiger partial charge in [0.05, 0.1) is 6.07 Å². The van der Waals surface area contributed by atoms with Crippen LogP contribution < -0.4 is 0 Å². The van der Waals surface area contributed by atoms with Gasteiger partial charge in [0.25, 0.3) is 0 Å². The average Bonchev–Trinajstić information content (AvgIpc) is 2.08.